The van der Waals surface area contributed by atoms with Crippen molar-refractivity contribution in [2.45, 2.75) is 45.4 Å². The van der Waals surface area contributed by atoms with Crippen molar-refractivity contribution >= 4 is 11.6 Å². The van der Waals surface area contributed by atoms with Gasteiger partial charge in [0.25, 0.3) is 0 Å². The molecule has 2 atom stereocenters. The first-order valence-corrected chi connectivity index (χ1v) is 8.11. The molecule has 0 bridgehead atoms. The Morgan fingerprint density at radius 2 is 2.05 bits per heavy atom. The Morgan fingerprint density at radius 1 is 1.30 bits per heavy atom. The SMILES string of the molecule is CC(C)CNCC1CCCCC1c1ccc(Cl)cc1F. The Bertz CT molecular complexity index is 433. The van der Waals surface area contributed by atoms with E-state index in [0.717, 1.165) is 25.1 Å². The maximum Gasteiger partial charge on any atom is 0.128 e. The van der Waals surface area contributed by atoms with E-state index in [0.29, 0.717) is 22.8 Å². The molecular formula is C17H25ClFN. The van der Waals surface area contributed by atoms with E-state index in [4.69, 9.17) is 11.6 Å². The van der Waals surface area contributed by atoms with Gasteiger partial charge in [-0.05, 0) is 61.4 Å². The summed E-state index contributed by atoms with van der Waals surface area (Å²) in [4.78, 5) is 0. The lowest BCUT2D eigenvalue weighted by Crippen LogP contribution is -2.31. The van der Waals surface area contributed by atoms with Crippen LogP contribution in [0.3, 0.4) is 0 Å². The third kappa shape index (κ3) is 4.20. The summed E-state index contributed by atoms with van der Waals surface area (Å²) < 4.78 is 14.2. The number of benzene rings is 1. The van der Waals surface area contributed by atoms with E-state index in [2.05, 4.69) is 19.2 Å². The van der Waals surface area contributed by atoms with Gasteiger partial charge in [0.2, 0.25) is 0 Å². The molecule has 20 heavy (non-hydrogen) atoms. The van der Waals surface area contributed by atoms with Crippen LogP contribution in [-0.2, 0) is 0 Å². The lowest BCUT2D eigenvalue weighted by Gasteiger charge is -2.32. The first-order valence-electron chi connectivity index (χ1n) is 7.73. The number of hydrogen-bond donors (Lipinski definition) is 1. The van der Waals surface area contributed by atoms with Crippen LogP contribution in [0.25, 0.3) is 0 Å². The molecule has 0 radical (unpaired) electrons. The zero-order chi connectivity index (χ0) is 14.5. The van der Waals surface area contributed by atoms with E-state index >= 15 is 0 Å². The Morgan fingerprint density at radius 3 is 2.75 bits per heavy atom. The molecule has 0 saturated heterocycles. The second-order valence-corrected chi connectivity index (χ2v) is 6.81. The summed E-state index contributed by atoms with van der Waals surface area (Å²) in [5.74, 6) is 1.39. The Hall–Kier alpha value is -0.600. The molecule has 0 amide bonds. The largest absolute Gasteiger partial charge is 0.316 e. The summed E-state index contributed by atoms with van der Waals surface area (Å²) in [7, 11) is 0. The predicted molar refractivity (Wildman–Crippen MR) is 83.8 cm³/mol. The van der Waals surface area contributed by atoms with Gasteiger partial charge in [-0.1, -0.05) is 44.4 Å². The summed E-state index contributed by atoms with van der Waals surface area (Å²) in [5, 5.41) is 4.02. The minimum atomic E-state index is -0.141. The van der Waals surface area contributed by atoms with Gasteiger partial charge in [0.05, 0.1) is 0 Å². The lowest BCUT2D eigenvalue weighted by atomic mass is 9.75. The van der Waals surface area contributed by atoms with Crippen molar-refractivity contribution in [3.63, 3.8) is 0 Å². The fourth-order valence-electron chi connectivity index (χ4n) is 3.22. The predicted octanol–water partition coefficient (Wildman–Crippen LogP) is 5.00. The number of nitrogens with one attached hydrogen (secondary N) is 1. The van der Waals surface area contributed by atoms with Crippen LogP contribution in [0.5, 0.6) is 0 Å². The molecule has 0 aromatic heterocycles. The average molecular weight is 298 g/mol. The second-order valence-electron chi connectivity index (χ2n) is 6.37. The van der Waals surface area contributed by atoms with Crippen molar-refractivity contribution in [1.29, 1.82) is 0 Å². The second kappa shape index (κ2) is 7.42. The molecule has 1 aliphatic rings. The Kier molecular flexibility index (Phi) is 5.86. The lowest BCUT2D eigenvalue weighted by molar-refractivity contribution is 0.287. The summed E-state index contributed by atoms with van der Waals surface area (Å²) in [6.45, 7) is 6.45. The highest BCUT2D eigenvalue weighted by Crippen LogP contribution is 2.39. The van der Waals surface area contributed by atoms with Crippen LogP contribution in [0.15, 0.2) is 18.2 Å². The molecule has 3 heteroatoms. The van der Waals surface area contributed by atoms with E-state index in [1.54, 1.807) is 0 Å². The highest BCUT2D eigenvalue weighted by atomic mass is 35.5. The number of hydrogen-bond acceptors (Lipinski definition) is 1. The first-order chi connectivity index (χ1) is 9.58. The van der Waals surface area contributed by atoms with E-state index in [-0.39, 0.29) is 5.82 Å². The Labute approximate surface area is 126 Å². The fourth-order valence-corrected chi connectivity index (χ4v) is 3.38. The van der Waals surface area contributed by atoms with Crippen LogP contribution in [0.4, 0.5) is 4.39 Å². The van der Waals surface area contributed by atoms with E-state index in [1.165, 1.54) is 25.3 Å². The molecule has 0 spiro atoms. The Balaban J connectivity index is 2.06. The van der Waals surface area contributed by atoms with Crippen molar-refractivity contribution in [3.05, 3.63) is 34.6 Å². The first kappa shape index (κ1) is 15.8. The molecule has 1 aromatic carbocycles. The van der Waals surface area contributed by atoms with Gasteiger partial charge in [-0.25, -0.2) is 4.39 Å². The van der Waals surface area contributed by atoms with Crippen molar-refractivity contribution in [1.82, 2.24) is 5.32 Å². The number of rotatable bonds is 5. The number of halogens is 2. The van der Waals surface area contributed by atoms with E-state index in [1.807, 2.05) is 12.1 Å². The van der Waals surface area contributed by atoms with Crippen LogP contribution in [0.1, 0.15) is 51.0 Å². The third-order valence-corrected chi connectivity index (χ3v) is 4.47. The van der Waals surface area contributed by atoms with Gasteiger partial charge in [-0.3, -0.25) is 0 Å². The summed E-state index contributed by atoms with van der Waals surface area (Å²) >= 11 is 5.86. The van der Waals surface area contributed by atoms with Crippen LogP contribution in [0, 0.1) is 17.7 Å². The minimum absolute atomic E-state index is 0.141. The maximum absolute atomic E-state index is 14.2. The minimum Gasteiger partial charge on any atom is -0.316 e. The topological polar surface area (TPSA) is 12.0 Å². The van der Waals surface area contributed by atoms with Crippen LogP contribution in [0.2, 0.25) is 5.02 Å². The zero-order valence-electron chi connectivity index (χ0n) is 12.5. The quantitative estimate of drug-likeness (QED) is 0.806. The molecule has 112 valence electrons. The monoisotopic (exact) mass is 297 g/mol. The van der Waals surface area contributed by atoms with Gasteiger partial charge in [0.1, 0.15) is 5.82 Å². The summed E-state index contributed by atoms with van der Waals surface area (Å²) in [5.41, 5.74) is 0.852. The highest BCUT2D eigenvalue weighted by molar-refractivity contribution is 6.30. The van der Waals surface area contributed by atoms with Crippen LogP contribution in [-0.4, -0.2) is 13.1 Å². The molecule has 1 N–H and O–H groups in total. The van der Waals surface area contributed by atoms with Crippen LogP contribution < -0.4 is 5.32 Å². The molecule has 1 fully saturated rings. The van der Waals surface area contributed by atoms with Crippen molar-refractivity contribution in [3.8, 4) is 0 Å². The van der Waals surface area contributed by atoms with Gasteiger partial charge in [-0.2, -0.15) is 0 Å². The van der Waals surface area contributed by atoms with Crippen LogP contribution >= 0.6 is 11.6 Å². The van der Waals surface area contributed by atoms with E-state index in [9.17, 15) is 4.39 Å². The van der Waals surface area contributed by atoms with Crippen molar-refractivity contribution in [2.75, 3.05) is 13.1 Å². The van der Waals surface area contributed by atoms with Crippen molar-refractivity contribution < 1.29 is 4.39 Å². The molecule has 1 aliphatic carbocycles. The summed E-state index contributed by atoms with van der Waals surface area (Å²) in [6.07, 6.45) is 4.75. The smallest absolute Gasteiger partial charge is 0.128 e. The molecular weight excluding hydrogens is 273 g/mol. The van der Waals surface area contributed by atoms with Crippen molar-refractivity contribution in [2.24, 2.45) is 11.8 Å². The van der Waals surface area contributed by atoms with Gasteiger partial charge < -0.3 is 5.32 Å². The van der Waals surface area contributed by atoms with E-state index < -0.39 is 0 Å². The maximum atomic E-state index is 14.2. The van der Waals surface area contributed by atoms with Gasteiger partial charge in [0, 0.05) is 5.02 Å². The molecule has 2 rings (SSSR count). The molecule has 1 saturated carbocycles. The molecule has 0 aliphatic heterocycles. The fraction of sp³-hybridized carbons (Fsp3) is 0.647. The van der Waals surface area contributed by atoms with Gasteiger partial charge >= 0.3 is 0 Å². The average Bonchev–Trinajstić information content (AvgIpc) is 2.39. The third-order valence-electron chi connectivity index (χ3n) is 4.23. The molecule has 0 heterocycles. The van der Waals surface area contributed by atoms with Gasteiger partial charge in [0.15, 0.2) is 0 Å². The summed E-state index contributed by atoms with van der Waals surface area (Å²) in [6, 6.07) is 5.14. The normalized spacial score (nSPS) is 23.2. The standard InChI is InChI=1S/C17H25ClFN/c1-12(2)10-20-11-13-5-3-4-6-15(13)16-8-7-14(18)9-17(16)19/h7-9,12-13,15,20H,3-6,10-11H2,1-2H3. The van der Waals surface area contributed by atoms with Gasteiger partial charge in [-0.15, -0.1) is 0 Å². The molecule has 2 unspecified atom stereocenters. The molecule has 1 nitrogen and oxygen atoms in total. The molecule has 1 aromatic rings. The highest BCUT2D eigenvalue weighted by Gasteiger charge is 2.28. The zero-order valence-corrected chi connectivity index (χ0v) is 13.2.